The molecule has 78 heavy (non-hydrogen) atoms. The highest BCUT2D eigenvalue weighted by molar-refractivity contribution is 6.36. The van der Waals surface area contributed by atoms with Crippen LogP contribution in [0.5, 0.6) is 0 Å². The Bertz CT molecular complexity index is 3710. The third kappa shape index (κ3) is 10.3. The van der Waals surface area contributed by atoms with E-state index in [2.05, 4.69) is 126 Å². The maximum atomic E-state index is 6.55. The minimum absolute atomic E-state index is 0. The summed E-state index contributed by atoms with van der Waals surface area (Å²) >= 11 is 18.5. The van der Waals surface area contributed by atoms with Crippen LogP contribution in [0.3, 0.4) is 0 Å². The number of fused-ring (bicyclic) bond motifs is 4. The summed E-state index contributed by atoms with van der Waals surface area (Å²) in [7, 11) is 0. The summed E-state index contributed by atoms with van der Waals surface area (Å²) in [6.07, 6.45) is 22.0. The number of benzene rings is 4. The molecule has 14 rings (SSSR count). The molecule has 0 radical (unpaired) electrons. The lowest BCUT2D eigenvalue weighted by atomic mass is 9.97. The maximum absolute atomic E-state index is 6.55. The fourth-order valence-electron chi connectivity index (χ4n) is 11.2. The second kappa shape index (κ2) is 23.0. The second-order valence-corrected chi connectivity index (χ2v) is 21.5. The van der Waals surface area contributed by atoms with Crippen LogP contribution in [0.1, 0.15) is 121 Å². The monoisotopic (exact) mass is 1120 g/mol. The molecular formula is C60H62Cl4N14. The smallest absolute Gasteiger partial charge is 0.225 e. The van der Waals surface area contributed by atoms with E-state index in [0.29, 0.717) is 27.8 Å². The van der Waals surface area contributed by atoms with Gasteiger partial charge in [-0.1, -0.05) is 99.4 Å². The molecule has 4 aromatic carbocycles. The zero-order chi connectivity index (χ0) is 52.7. The van der Waals surface area contributed by atoms with Gasteiger partial charge in [0.05, 0.1) is 67.6 Å². The van der Waals surface area contributed by atoms with Crippen LogP contribution in [0.15, 0.2) is 97.8 Å². The fraction of sp³-hybridized carbons (Fsp3) is 0.333. The van der Waals surface area contributed by atoms with Gasteiger partial charge in [0, 0.05) is 96.8 Å². The Kier molecular flexibility index (Phi) is 15.7. The van der Waals surface area contributed by atoms with Gasteiger partial charge in [0.2, 0.25) is 11.2 Å². The molecule has 0 saturated heterocycles. The van der Waals surface area contributed by atoms with E-state index in [0.717, 1.165) is 120 Å². The molecule has 0 atom stereocenters. The number of anilines is 1. The van der Waals surface area contributed by atoms with Gasteiger partial charge in [-0.2, -0.15) is 20.4 Å². The molecule has 8 heterocycles. The average Bonchev–Trinajstić information content (AvgIpc) is 4.45. The molecule has 10 aromatic rings. The summed E-state index contributed by atoms with van der Waals surface area (Å²) in [4.78, 5) is 19.6. The van der Waals surface area contributed by atoms with Crippen molar-refractivity contribution in [3.8, 4) is 33.9 Å². The summed E-state index contributed by atoms with van der Waals surface area (Å²) in [5.74, 6) is 2.15. The number of aryl methyl sites for hydroxylation is 4. The summed E-state index contributed by atoms with van der Waals surface area (Å²) in [6, 6.07) is 21.3. The summed E-state index contributed by atoms with van der Waals surface area (Å²) < 4.78 is 4.38. The topological polar surface area (TPSA) is 160 Å². The number of aromatic amines is 2. The number of H-pyrrole nitrogens is 2. The Balaban J connectivity index is 0.000000142. The second-order valence-electron chi connectivity index (χ2n) is 20.4. The molecule has 400 valence electrons. The summed E-state index contributed by atoms with van der Waals surface area (Å²) in [5, 5.41) is 32.4. The minimum atomic E-state index is 0. The third-order valence-corrected chi connectivity index (χ3v) is 16.4. The van der Waals surface area contributed by atoms with Gasteiger partial charge < -0.3 is 10.2 Å². The van der Waals surface area contributed by atoms with E-state index in [1.165, 1.54) is 87.3 Å². The van der Waals surface area contributed by atoms with Crippen molar-refractivity contribution in [2.75, 3.05) is 18.0 Å². The van der Waals surface area contributed by atoms with Gasteiger partial charge in [-0.15, -0.1) is 12.4 Å². The van der Waals surface area contributed by atoms with E-state index in [4.69, 9.17) is 55.0 Å². The first-order valence-corrected chi connectivity index (χ1v) is 28.3. The highest BCUT2D eigenvalue weighted by Gasteiger charge is 2.32. The standard InChI is InChI=1S/C30H30ClN7.C23H24ClN5.C7H7ClN2.ClH/c1-3-18-6-5-7-19(4-2)28(18)38-29(22-10-11-25(31)27-23(22)16-34-35-27)24-17-37(13-12-26(24)36-38)30-32-14-21(15-33-30)20-8-9-20;1-3-14-6-5-7-15(4-2)22(14)29-23(18-12-25-11-10-20(18)28-29)16-8-9-19(24)21-17(16)13-26-27-21;8-7-9-3-6(4-10-7)5-1-2-5;/h5-7,10-11,14-16,20H,3-4,8-9,12-13,17H2,1-2H3,(H,34,35);5-9,13,25H,3-4,10-12H2,1-2H3,(H,26,27);3-5H,1-2H2;1H. The molecule has 14 nitrogen and oxygen atoms in total. The van der Waals surface area contributed by atoms with Crippen molar-refractivity contribution in [1.82, 2.24) is 65.2 Å². The maximum Gasteiger partial charge on any atom is 0.225 e. The predicted octanol–water partition coefficient (Wildman–Crippen LogP) is 13.7. The molecule has 2 fully saturated rings. The molecule has 4 aliphatic rings. The Labute approximate surface area is 475 Å². The Hall–Kier alpha value is -6.68. The van der Waals surface area contributed by atoms with Gasteiger partial charge in [0.25, 0.3) is 0 Å². The molecular weight excluding hydrogens is 1060 g/mol. The van der Waals surface area contributed by atoms with Crippen LogP contribution in [0.2, 0.25) is 15.3 Å². The van der Waals surface area contributed by atoms with Crippen LogP contribution in [-0.2, 0) is 51.6 Å². The normalized spacial score (nSPS) is 14.8. The molecule has 0 unspecified atom stereocenters. The highest BCUT2D eigenvalue weighted by Crippen LogP contribution is 2.43. The van der Waals surface area contributed by atoms with Crippen molar-refractivity contribution in [2.24, 2.45) is 0 Å². The van der Waals surface area contributed by atoms with Crippen molar-refractivity contribution in [3.63, 3.8) is 0 Å². The van der Waals surface area contributed by atoms with E-state index in [1.807, 2.05) is 49.3 Å². The highest BCUT2D eigenvalue weighted by atomic mass is 35.5. The van der Waals surface area contributed by atoms with E-state index >= 15 is 0 Å². The summed E-state index contributed by atoms with van der Waals surface area (Å²) in [6.45, 7) is 12.2. The van der Waals surface area contributed by atoms with Crippen molar-refractivity contribution in [3.05, 3.63) is 169 Å². The predicted molar refractivity (Wildman–Crippen MR) is 315 cm³/mol. The molecule has 2 aliphatic carbocycles. The van der Waals surface area contributed by atoms with Crippen molar-refractivity contribution in [1.29, 1.82) is 0 Å². The number of hydrogen-bond donors (Lipinski definition) is 3. The Morgan fingerprint density at radius 1 is 0.551 bits per heavy atom. The largest absolute Gasteiger partial charge is 0.336 e. The van der Waals surface area contributed by atoms with Gasteiger partial charge >= 0.3 is 0 Å². The Morgan fingerprint density at radius 3 is 1.49 bits per heavy atom. The van der Waals surface area contributed by atoms with Gasteiger partial charge in [0.15, 0.2) is 0 Å². The Morgan fingerprint density at radius 2 is 1.01 bits per heavy atom. The van der Waals surface area contributed by atoms with Crippen LogP contribution in [0.25, 0.3) is 55.7 Å². The number of hydrogen-bond acceptors (Lipinski definition) is 10. The van der Waals surface area contributed by atoms with Crippen LogP contribution in [0.4, 0.5) is 5.95 Å². The number of para-hydroxylation sites is 2. The number of nitrogens with one attached hydrogen (secondary N) is 3. The van der Waals surface area contributed by atoms with Gasteiger partial charge in [-0.25, -0.2) is 29.3 Å². The molecule has 6 aromatic heterocycles. The lowest BCUT2D eigenvalue weighted by molar-refractivity contribution is 0.635. The SMILES string of the molecule is CCc1cccc(CC)c1-n1nc2c(c1-c1ccc(Cl)c3[nH]ncc13)CN(c1ncc(C3CC3)cn1)CC2.CCc1cccc(CC)c1-n1nc2c(c1-c1ccc(Cl)c3[nH]ncc13)CNCC2.Cl.Clc1ncc(C2CC2)cn1. The van der Waals surface area contributed by atoms with Crippen LogP contribution in [0, 0.1) is 0 Å². The molecule has 0 spiro atoms. The zero-order valence-electron chi connectivity index (χ0n) is 44.3. The van der Waals surface area contributed by atoms with Gasteiger partial charge in [-0.3, -0.25) is 10.2 Å². The van der Waals surface area contributed by atoms with Crippen LogP contribution >= 0.6 is 47.2 Å². The molecule has 2 aliphatic heterocycles. The first-order valence-electron chi connectivity index (χ1n) is 27.2. The molecule has 2 saturated carbocycles. The third-order valence-electron chi connectivity index (χ3n) is 15.6. The first kappa shape index (κ1) is 53.3. The van der Waals surface area contributed by atoms with E-state index in [-0.39, 0.29) is 12.4 Å². The number of aromatic nitrogens is 12. The average molecular weight is 1120 g/mol. The van der Waals surface area contributed by atoms with Gasteiger partial charge in [0.1, 0.15) is 0 Å². The van der Waals surface area contributed by atoms with E-state index in [1.54, 1.807) is 0 Å². The van der Waals surface area contributed by atoms with E-state index in [9.17, 15) is 0 Å². The fourth-order valence-corrected chi connectivity index (χ4v) is 11.7. The van der Waals surface area contributed by atoms with Crippen molar-refractivity contribution < 1.29 is 0 Å². The van der Waals surface area contributed by atoms with Crippen molar-refractivity contribution >= 4 is 75.0 Å². The number of rotatable bonds is 11. The number of nitrogens with zero attached hydrogens (tertiary/aromatic N) is 11. The first-order chi connectivity index (χ1) is 37.7. The summed E-state index contributed by atoms with van der Waals surface area (Å²) in [5.41, 5.74) is 21.0. The van der Waals surface area contributed by atoms with Gasteiger partial charge in [-0.05, 0) is 120 Å². The quantitative estimate of drug-likeness (QED) is 0.106. The molecule has 3 N–H and O–H groups in total. The zero-order valence-corrected chi connectivity index (χ0v) is 47.3. The molecule has 18 heteroatoms. The van der Waals surface area contributed by atoms with Crippen molar-refractivity contribution in [2.45, 2.75) is 117 Å². The molecule has 0 amide bonds. The lowest BCUT2D eigenvalue weighted by Gasteiger charge is -2.27. The van der Waals surface area contributed by atoms with Crippen LogP contribution in [-0.4, -0.2) is 73.0 Å². The lowest BCUT2D eigenvalue weighted by Crippen LogP contribution is -2.31. The number of halogens is 4. The van der Waals surface area contributed by atoms with E-state index < -0.39 is 0 Å². The van der Waals surface area contributed by atoms with Crippen LogP contribution < -0.4 is 10.2 Å². The molecule has 0 bridgehead atoms. The minimum Gasteiger partial charge on any atom is -0.336 e.